The molecule has 1 unspecified atom stereocenters. The second kappa shape index (κ2) is 9.39. The highest BCUT2D eigenvalue weighted by molar-refractivity contribution is 6.30. The fraction of sp³-hybridized carbons (Fsp3) is 0.179. The standard InChI is InChI=1S/C28H25ClN4O2/c1-17-4-10-21(11-5-17)25-24(27-31-26(32-35-27)22-12-6-18(2)7-13-22)19(3)33(28(34)30-25)16-20-8-14-23(29)15-9-20/h4-15,25H,16H2,1-3H3,(H,30,34). The SMILES string of the molecule is CC1=C(c2nc(-c3ccc(C)cc3)no2)C(c2ccc(C)cc2)NC(=O)N1Cc1ccc(Cl)cc1. The van der Waals surface area contributed by atoms with E-state index in [2.05, 4.69) is 10.5 Å². The number of nitrogens with zero attached hydrogens (tertiary/aromatic N) is 3. The third kappa shape index (κ3) is 4.70. The van der Waals surface area contributed by atoms with Crippen LogP contribution in [-0.4, -0.2) is 21.1 Å². The van der Waals surface area contributed by atoms with E-state index >= 15 is 0 Å². The zero-order chi connectivity index (χ0) is 24.5. The van der Waals surface area contributed by atoms with E-state index in [0.29, 0.717) is 23.3 Å². The number of carbonyl (C=O) groups is 1. The Hall–Kier alpha value is -3.90. The molecule has 0 spiro atoms. The number of hydrogen-bond acceptors (Lipinski definition) is 4. The van der Waals surface area contributed by atoms with Crippen molar-refractivity contribution in [3.8, 4) is 11.4 Å². The Morgan fingerprint density at radius 1 is 0.914 bits per heavy atom. The first-order chi connectivity index (χ1) is 16.9. The van der Waals surface area contributed by atoms with Crippen LogP contribution in [0, 0.1) is 13.8 Å². The molecule has 1 N–H and O–H groups in total. The van der Waals surface area contributed by atoms with Crippen molar-refractivity contribution >= 4 is 23.2 Å². The first-order valence-electron chi connectivity index (χ1n) is 11.4. The van der Waals surface area contributed by atoms with Crippen LogP contribution in [0.25, 0.3) is 17.0 Å². The Morgan fingerprint density at radius 3 is 2.20 bits per heavy atom. The Kier molecular flexibility index (Phi) is 6.14. The summed E-state index contributed by atoms with van der Waals surface area (Å²) >= 11 is 6.04. The number of amides is 2. The number of allylic oxidation sites excluding steroid dienone is 1. The summed E-state index contributed by atoms with van der Waals surface area (Å²) in [4.78, 5) is 19.7. The summed E-state index contributed by atoms with van der Waals surface area (Å²) < 4.78 is 5.77. The summed E-state index contributed by atoms with van der Waals surface area (Å²) in [5, 5.41) is 8.04. The molecule has 2 amide bonds. The molecule has 0 aliphatic carbocycles. The minimum absolute atomic E-state index is 0.190. The zero-order valence-corrected chi connectivity index (χ0v) is 20.5. The minimum atomic E-state index is -0.420. The van der Waals surface area contributed by atoms with Crippen LogP contribution in [0.3, 0.4) is 0 Å². The van der Waals surface area contributed by atoms with Gasteiger partial charge >= 0.3 is 6.03 Å². The summed E-state index contributed by atoms with van der Waals surface area (Å²) in [7, 11) is 0. The van der Waals surface area contributed by atoms with E-state index in [4.69, 9.17) is 21.1 Å². The molecule has 0 radical (unpaired) electrons. The van der Waals surface area contributed by atoms with E-state index < -0.39 is 6.04 Å². The molecule has 2 heterocycles. The number of aromatic nitrogens is 2. The molecule has 4 aromatic rings. The molecule has 3 aromatic carbocycles. The van der Waals surface area contributed by atoms with Gasteiger partial charge in [0, 0.05) is 16.3 Å². The molecule has 176 valence electrons. The van der Waals surface area contributed by atoms with Gasteiger partial charge in [0.05, 0.1) is 18.2 Å². The number of rotatable bonds is 5. The number of halogens is 1. The second-order valence-electron chi connectivity index (χ2n) is 8.79. The van der Waals surface area contributed by atoms with Crippen molar-refractivity contribution in [3.05, 3.63) is 112 Å². The fourth-order valence-electron chi connectivity index (χ4n) is 4.18. The van der Waals surface area contributed by atoms with E-state index in [0.717, 1.165) is 39.1 Å². The zero-order valence-electron chi connectivity index (χ0n) is 19.7. The van der Waals surface area contributed by atoms with Gasteiger partial charge in [-0.25, -0.2) is 4.79 Å². The van der Waals surface area contributed by atoms with Gasteiger partial charge in [0.15, 0.2) is 0 Å². The fourth-order valence-corrected chi connectivity index (χ4v) is 4.31. The highest BCUT2D eigenvalue weighted by Crippen LogP contribution is 2.38. The molecular formula is C28H25ClN4O2. The van der Waals surface area contributed by atoms with Crippen LogP contribution in [0.5, 0.6) is 0 Å². The van der Waals surface area contributed by atoms with E-state index in [1.807, 2.05) is 93.6 Å². The topological polar surface area (TPSA) is 71.3 Å². The number of aryl methyl sites for hydroxylation is 2. The third-order valence-corrected chi connectivity index (χ3v) is 6.48. The van der Waals surface area contributed by atoms with Crippen molar-refractivity contribution in [1.29, 1.82) is 0 Å². The highest BCUT2D eigenvalue weighted by atomic mass is 35.5. The summed E-state index contributed by atoms with van der Waals surface area (Å²) in [6.07, 6.45) is 0. The molecule has 1 aromatic heterocycles. The van der Waals surface area contributed by atoms with Gasteiger partial charge in [0.2, 0.25) is 5.82 Å². The van der Waals surface area contributed by atoms with Crippen molar-refractivity contribution in [2.24, 2.45) is 0 Å². The van der Waals surface area contributed by atoms with Crippen LogP contribution in [0.1, 0.15) is 41.1 Å². The minimum Gasteiger partial charge on any atom is -0.334 e. The first-order valence-corrected chi connectivity index (χ1v) is 11.8. The smallest absolute Gasteiger partial charge is 0.322 e. The highest BCUT2D eigenvalue weighted by Gasteiger charge is 2.35. The molecule has 35 heavy (non-hydrogen) atoms. The molecule has 1 aliphatic heterocycles. The predicted octanol–water partition coefficient (Wildman–Crippen LogP) is 6.70. The quantitative estimate of drug-likeness (QED) is 0.342. The summed E-state index contributed by atoms with van der Waals surface area (Å²) in [6.45, 7) is 6.37. The van der Waals surface area contributed by atoms with E-state index in [9.17, 15) is 4.79 Å². The number of nitrogens with one attached hydrogen (secondary N) is 1. The lowest BCUT2D eigenvalue weighted by Gasteiger charge is -2.35. The Balaban J connectivity index is 1.58. The monoisotopic (exact) mass is 484 g/mol. The predicted molar refractivity (Wildman–Crippen MR) is 137 cm³/mol. The Labute approximate surface area is 209 Å². The van der Waals surface area contributed by atoms with Gasteiger partial charge < -0.3 is 9.84 Å². The van der Waals surface area contributed by atoms with Crippen LogP contribution in [-0.2, 0) is 6.54 Å². The molecular weight excluding hydrogens is 460 g/mol. The lowest BCUT2D eigenvalue weighted by atomic mass is 9.94. The van der Waals surface area contributed by atoms with Crippen LogP contribution >= 0.6 is 11.6 Å². The molecule has 0 saturated carbocycles. The van der Waals surface area contributed by atoms with Gasteiger partial charge in [-0.05, 0) is 44.0 Å². The molecule has 7 heteroatoms. The molecule has 1 aliphatic rings. The van der Waals surface area contributed by atoms with E-state index in [1.54, 1.807) is 4.90 Å². The molecule has 1 atom stereocenters. The van der Waals surface area contributed by atoms with E-state index in [1.165, 1.54) is 0 Å². The maximum absolute atomic E-state index is 13.3. The van der Waals surface area contributed by atoms with Crippen molar-refractivity contribution in [2.45, 2.75) is 33.4 Å². The Morgan fingerprint density at radius 2 is 1.54 bits per heavy atom. The van der Waals surface area contributed by atoms with Crippen LogP contribution < -0.4 is 5.32 Å². The first kappa shape index (κ1) is 22.9. The second-order valence-corrected chi connectivity index (χ2v) is 9.23. The molecule has 5 rings (SSSR count). The van der Waals surface area contributed by atoms with Crippen molar-refractivity contribution in [3.63, 3.8) is 0 Å². The van der Waals surface area contributed by atoms with Crippen molar-refractivity contribution in [2.75, 3.05) is 0 Å². The average molecular weight is 485 g/mol. The van der Waals surface area contributed by atoms with Gasteiger partial charge in [0.1, 0.15) is 0 Å². The number of carbonyl (C=O) groups excluding carboxylic acids is 1. The van der Waals surface area contributed by atoms with Gasteiger partial charge in [-0.3, -0.25) is 4.90 Å². The molecule has 0 saturated heterocycles. The molecule has 0 fully saturated rings. The largest absolute Gasteiger partial charge is 0.334 e. The van der Waals surface area contributed by atoms with Crippen molar-refractivity contribution < 1.29 is 9.32 Å². The number of benzene rings is 3. The maximum Gasteiger partial charge on any atom is 0.322 e. The van der Waals surface area contributed by atoms with Gasteiger partial charge in [-0.15, -0.1) is 0 Å². The third-order valence-electron chi connectivity index (χ3n) is 6.23. The number of hydrogen-bond donors (Lipinski definition) is 1. The summed E-state index contributed by atoms with van der Waals surface area (Å²) in [5.41, 5.74) is 6.60. The lowest BCUT2D eigenvalue weighted by Crippen LogP contribution is -2.45. The van der Waals surface area contributed by atoms with Gasteiger partial charge in [-0.1, -0.05) is 88.5 Å². The summed E-state index contributed by atoms with van der Waals surface area (Å²) in [6, 6.07) is 22.9. The summed E-state index contributed by atoms with van der Waals surface area (Å²) in [5.74, 6) is 0.883. The van der Waals surface area contributed by atoms with E-state index in [-0.39, 0.29) is 6.03 Å². The normalized spacial score (nSPS) is 15.9. The van der Waals surface area contributed by atoms with Crippen LogP contribution in [0.4, 0.5) is 4.79 Å². The number of urea groups is 1. The van der Waals surface area contributed by atoms with Crippen molar-refractivity contribution in [1.82, 2.24) is 20.4 Å². The lowest BCUT2D eigenvalue weighted by molar-refractivity contribution is 0.203. The molecule has 0 bridgehead atoms. The maximum atomic E-state index is 13.3. The Bertz CT molecular complexity index is 1390. The molecule has 6 nitrogen and oxygen atoms in total. The van der Waals surface area contributed by atoms with Gasteiger partial charge in [-0.2, -0.15) is 4.98 Å². The average Bonchev–Trinajstić information content (AvgIpc) is 3.33. The van der Waals surface area contributed by atoms with Crippen LogP contribution in [0.15, 0.2) is 83.0 Å². The van der Waals surface area contributed by atoms with Gasteiger partial charge in [0.25, 0.3) is 5.89 Å². The van der Waals surface area contributed by atoms with Crippen LogP contribution in [0.2, 0.25) is 5.02 Å².